The van der Waals surface area contributed by atoms with Crippen molar-refractivity contribution in [1.82, 2.24) is 10.3 Å². The molecular formula is C32H30BrClF2N2O3. The quantitative estimate of drug-likeness (QED) is 0.166. The molecule has 2 atom stereocenters. The number of pyridine rings is 1. The van der Waals surface area contributed by atoms with Crippen LogP contribution in [0.4, 0.5) is 8.78 Å². The van der Waals surface area contributed by atoms with Crippen LogP contribution in [0.2, 0.25) is 5.02 Å². The second-order valence-corrected chi connectivity index (χ2v) is 11.1. The molecule has 214 valence electrons. The summed E-state index contributed by atoms with van der Waals surface area (Å²) >= 11 is 9.78. The summed E-state index contributed by atoms with van der Waals surface area (Å²) in [7, 11) is 0. The van der Waals surface area contributed by atoms with E-state index in [2.05, 4.69) is 21.2 Å². The number of hydrogen-bond donors (Lipinski definition) is 1. The minimum Gasteiger partial charge on any atom is -0.431 e. The number of carbonyl (C=O) groups is 2. The Labute approximate surface area is 251 Å². The molecule has 1 heterocycles. The number of esters is 1. The van der Waals surface area contributed by atoms with Gasteiger partial charge < -0.3 is 10.1 Å². The Morgan fingerprint density at radius 1 is 1.07 bits per heavy atom. The highest BCUT2D eigenvalue weighted by Crippen LogP contribution is 2.33. The topological polar surface area (TPSA) is 68.3 Å². The minimum absolute atomic E-state index is 0.0568. The van der Waals surface area contributed by atoms with Gasteiger partial charge in [-0.25, -0.2) is 13.8 Å². The number of halogens is 4. The van der Waals surface area contributed by atoms with E-state index < -0.39 is 24.1 Å². The Kier molecular flexibility index (Phi) is 10.5. The van der Waals surface area contributed by atoms with Gasteiger partial charge in [0.2, 0.25) is 6.36 Å². The first-order valence-electron chi connectivity index (χ1n) is 13.4. The zero-order valence-electron chi connectivity index (χ0n) is 22.7. The molecule has 0 aliphatic carbocycles. The third-order valence-corrected chi connectivity index (χ3v) is 7.76. The summed E-state index contributed by atoms with van der Waals surface area (Å²) in [6.07, 6.45) is -0.989. The highest BCUT2D eigenvalue weighted by Gasteiger charge is 2.24. The Balaban J connectivity index is 1.64. The number of nitrogens with zero attached hydrogens (tertiary/aromatic N) is 1. The molecule has 0 bridgehead atoms. The van der Waals surface area contributed by atoms with Gasteiger partial charge in [-0.05, 0) is 55.2 Å². The van der Waals surface area contributed by atoms with E-state index in [4.69, 9.17) is 21.3 Å². The van der Waals surface area contributed by atoms with Gasteiger partial charge in [-0.15, -0.1) is 0 Å². The molecule has 1 aromatic heterocycles. The highest BCUT2D eigenvalue weighted by molar-refractivity contribution is 9.10. The van der Waals surface area contributed by atoms with Crippen LogP contribution in [-0.2, 0) is 9.53 Å². The predicted molar refractivity (Wildman–Crippen MR) is 161 cm³/mol. The van der Waals surface area contributed by atoms with Gasteiger partial charge in [-0.3, -0.25) is 9.59 Å². The van der Waals surface area contributed by atoms with Crippen molar-refractivity contribution >= 4 is 50.3 Å². The molecule has 1 N–H and O–H groups in total. The number of benzene rings is 3. The molecule has 0 radical (unpaired) electrons. The number of aromatic nitrogens is 1. The number of nitrogens with one attached hydrogen (secondary N) is 1. The summed E-state index contributed by atoms with van der Waals surface area (Å²) in [5.41, 5.74) is 3.82. The summed E-state index contributed by atoms with van der Waals surface area (Å²) in [5, 5.41) is 3.55. The van der Waals surface area contributed by atoms with Crippen LogP contribution < -0.4 is 5.32 Å². The van der Waals surface area contributed by atoms with E-state index in [9.17, 15) is 18.4 Å². The van der Waals surface area contributed by atoms with Crippen LogP contribution in [0.3, 0.4) is 0 Å². The maximum Gasteiger partial charge on any atom is 0.308 e. The van der Waals surface area contributed by atoms with Crippen molar-refractivity contribution in [3.05, 3.63) is 98.7 Å². The molecule has 4 rings (SSSR count). The molecule has 2 unspecified atom stereocenters. The predicted octanol–water partition coefficient (Wildman–Crippen LogP) is 8.70. The largest absolute Gasteiger partial charge is 0.431 e. The zero-order chi connectivity index (χ0) is 29.5. The van der Waals surface area contributed by atoms with Crippen molar-refractivity contribution in [3.63, 3.8) is 0 Å². The first-order valence-corrected chi connectivity index (χ1v) is 14.6. The second-order valence-electron chi connectivity index (χ2n) is 9.77. The van der Waals surface area contributed by atoms with Crippen molar-refractivity contribution < 1.29 is 23.1 Å². The van der Waals surface area contributed by atoms with Gasteiger partial charge in [0, 0.05) is 40.7 Å². The Morgan fingerprint density at radius 2 is 1.83 bits per heavy atom. The SMILES string of the molecule is CCCC(F)OC(=O)CCC(CNC(=O)c1c(C)c(-c2ccccc2)nc2ccc(Br)cc12)c1cccc(F)c1Cl. The molecule has 9 heteroatoms. The molecule has 0 spiro atoms. The van der Waals surface area contributed by atoms with Crippen LogP contribution in [0, 0.1) is 12.7 Å². The Morgan fingerprint density at radius 3 is 2.56 bits per heavy atom. The molecule has 0 aliphatic heterocycles. The fraction of sp³-hybridized carbons (Fsp3) is 0.281. The van der Waals surface area contributed by atoms with Gasteiger partial charge in [0.1, 0.15) is 5.82 Å². The van der Waals surface area contributed by atoms with Crippen LogP contribution in [0.25, 0.3) is 22.2 Å². The normalized spacial score (nSPS) is 12.6. The number of hydrogen-bond acceptors (Lipinski definition) is 4. The van der Waals surface area contributed by atoms with Gasteiger partial charge in [0.25, 0.3) is 5.91 Å². The number of fused-ring (bicyclic) bond motifs is 1. The summed E-state index contributed by atoms with van der Waals surface area (Å²) in [5.74, 6) is -2.20. The maximum absolute atomic E-state index is 14.4. The summed E-state index contributed by atoms with van der Waals surface area (Å²) in [4.78, 5) is 31.0. The molecular weight excluding hydrogens is 614 g/mol. The Hall–Kier alpha value is -3.36. The average Bonchev–Trinajstić information content (AvgIpc) is 2.95. The van der Waals surface area contributed by atoms with Crippen molar-refractivity contribution in [3.8, 4) is 11.3 Å². The number of carbonyl (C=O) groups excluding carboxylic acids is 2. The summed E-state index contributed by atoms with van der Waals surface area (Å²) in [6.45, 7) is 3.70. The second kappa shape index (κ2) is 14.0. The number of alkyl halides is 1. The number of amides is 1. The van der Waals surface area contributed by atoms with Gasteiger partial charge in [0.05, 0.1) is 21.8 Å². The summed E-state index contributed by atoms with van der Waals surface area (Å²) < 4.78 is 33.8. The molecule has 1 amide bonds. The van der Waals surface area contributed by atoms with Crippen molar-refractivity contribution in [2.75, 3.05) is 6.54 Å². The van der Waals surface area contributed by atoms with Crippen LogP contribution in [0.15, 0.2) is 71.2 Å². The number of ether oxygens (including phenoxy) is 1. The van der Waals surface area contributed by atoms with Crippen molar-refractivity contribution in [1.29, 1.82) is 0 Å². The molecule has 3 aromatic carbocycles. The van der Waals surface area contributed by atoms with Gasteiger partial charge in [0.15, 0.2) is 0 Å². The molecule has 41 heavy (non-hydrogen) atoms. The summed E-state index contributed by atoms with van der Waals surface area (Å²) in [6, 6.07) is 19.6. The molecule has 0 aliphatic rings. The maximum atomic E-state index is 14.4. The molecule has 5 nitrogen and oxygen atoms in total. The van der Waals surface area contributed by atoms with E-state index >= 15 is 0 Å². The average molecular weight is 644 g/mol. The molecule has 0 saturated heterocycles. The lowest BCUT2D eigenvalue weighted by molar-refractivity contribution is -0.158. The molecule has 0 fully saturated rings. The van der Waals surface area contributed by atoms with E-state index in [1.807, 2.05) is 55.5 Å². The fourth-order valence-corrected chi connectivity index (χ4v) is 5.43. The third kappa shape index (κ3) is 7.49. The minimum atomic E-state index is -1.68. The van der Waals surface area contributed by atoms with Crippen LogP contribution in [0.1, 0.15) is 60.0 Å². The first-order chi connectivity index (χ1) is 19.7. The lowest BCUT2D eigenvalue weighted by Gasteiger charge is -2.21. The first kappa shape index (κ1) is 30.6. The van der Waals surface area contributed by atoms with Crippen molar-refractivity contribution in [2.24, 2.45) is 0 Å². The monoisotopic (exact) mass is 642 g/mol. The number of rotatable bonds is 11. The smallest absolute Gasteiger partial charge is 0.308 e. The van der Waals surface area contributed by atoms with E-state index in [-0.39, 0.29) is 36.7 Å². The van der Waals surface area contributed by atoms with Crippen LogP contribution in [-0.4, -0.2) is 29.8 Å². The fourth-order valence-electron chi connectivity index (χ4n) is 4.79. The van der Waals surface area contributed by atoms with E-state index in [0.29, 0.717) is 39.7 Å². The van der Waals surface area contributed by atoms with E-state index in [1.54, 1.807) is 13.0 Å². The zero-order valence-corrected chi connectivity index (χ0v) is 25.1. The Bertz CT molecular complexity index is 1550. The molecule has 4 aromatic rings. The van der Waals surface area contributed by atoms with Crippen molar-refractivity contribution in [2.45, 2.75) is 51.8 Å². The van der Waals surface area contributed by atoms with Crippen LogP contribution in [0.5, 0.6) is 0 Å². The van der Waals surface area contributed by atoms with Gasteiger partial charge in [-0.2, -0.15) is 0 Å². The van der Waals surface area contributed by atoms with E-state index in [0.717, 1.165) is 10.0 Å². The lowest BCUT2D eigenvalue weighted by Crippen LogP contribution is -2.30. The third-order valence-electron chi connectivity index (χ3n) is 6.87. The van der Waals surface area contributed by atoms with Crippen LogP contribution >= 0.6 is 27.5 Å². The lowest BCUT2D eigenvalue weighted by atomic mass is 9.93. The van der Waals surface area contributed by atoms with Gasteiger partial charge >= 0.3 is 5.97 Å². The highest BCUT2D eigenvalue weighted by atomic mass is 79.9. The van der Waals surface area contributed by atoms with E-state index in [1.165, 1.54) is 12.1 Å². The molecule has 0 saturated carbocycles. The standard InChI is InChI=1S/C32H30BrClF2N2O3/c1-3-8-27(36)41-28(39)16-13-21(23-11-7-12-25(35)30(23)34)18-37-32(40)29-19(2)31(20-9-5-4-6-10-20)38-26-15-14-22(33)17-24(26)29/h4-7,9-12,14-15,17,21,27H,3,8,13,16,18H2,1-2H3,(H,37,40). The van der Waals surface area contributed by atoms with Gasteiger partial charge in [-0.1, -0.05) is 76.9 Å².